The van der Waals surface area contributed by atoms with E-state index in [1.165, 1.54) is 0 Å². The molecule has 5 heteroatoms. The zero-order valence-electron chi connectivity index (χ0n) is 11.4. The molecule has 0 spiro atoms. The van der Waals surface area contributed by atoms with Crippen LogP contribution >= 0.6 is 23.8 Å². The van der Waals surface area contributed by atoms with Gasteiger partial charge in [-0.05, 0) is 31.0 Å². The van der Waals surface area contributed by atoms with E-state index >= 15 is 0 Å². The second-order valence-electron chi connectivity index (χ2n) is 4.84. The van der Waals surface area contributed by atoms with Gasteiger partial charge in [0.2, 0.25) is 5.91 Å². The van der Waals surface area contributed by atoms with Crippen molar-refractivity contribution < 1.29 is 4.79 Å². The Morgan fingerprint density at radius 2 is 2.16 bits per heavy atom. The average Bonchev–Trinajstić information content (AvgIpc) is 2.36. The molecule has 0 radical (unpaired) electrons. The number of amides is 1. The molecule has 0 aromatic heterocycles. The second kappa shape index (κ2) is 6.35. The molecule has 1 atom stereocenters. The minimum atomic E-state index is -0.789. The van der Waals surface area contributed by atoms with Gasteiger partial charge >= 0.3 is 0 Å². The Hall–Kier alpha value is -1.13. The highest BCUT2D eigenvalue weighted by molar-refractivity contribution is 7.80. The van der Waals surface area contributed by atoms with Crippen molar-refractivity contribution in [3.8, 4) is 0 Å². The van der Waals surface area contributed by atoms with E-state index in [9.17, 15) is 4.79 Å². The molecule has 0 aliphatic heterocycles. The lowest BCUT2D eigenvalue weighted by molar-refractivity contribution is -0.136. The maximum Gasteiger partial charge on any atom is 0.235 e. The molecule has 19 heavy (non-hydrogen) atoms. The van der Waals surface area contributed by atoms with Gasteiger partial charge in [0, 0.05) is 18.6 Å². The highest BCUT2D eigenvalue weighted by Crippen LogP contribution is 2.25. The first-order chi connectivity index (χ1) is 8.81. The van der Waals surface area contributed by atoms with Gasteiger partial charge < -0.3 is 10.6 Å². The molecule has 0 aliphatic rings. The maximum absolute atomic E-state index is 12.5. The minimum Gasteiger partial charge on any atom is -0.392 e. The van der Waals surface area contributed by atoms with Crippen molar-refractivity contribution >= 4 is 34.7 Å². The molecular formula is C14H19ClN2OS. The average molecular weight is 299 g/mol. The summed E-state index contributed by atoms with van der Waals surface area (Å²) in [5, 5.41) is 0.658. The fourth-order valence-electron chi connectivity index (χ4n) is 1.83. The maximum atomic E-state index is 12.5. The van der Waals surface area contributed by atoms with Crippen molar-refractivity contribution in [2.75, 3.05) is 7.05 Å². The normalized spacial score (nSPS) is 13.7. The molecule has 2 N–H and O–H groups in total. The van der Waals surface area contributed by atoms with Gasteiger partial charge in [-0.3, -0.25) is 4.79 Å². The molecule has 0 fully saturated rings. The summed E-state index contributed by atoms with van der Waals surface area (Å²) in [7, 11) is 1.75. The number of nitrogens with zero attached hydrogens (tertiary/aromatic N) is 1. The zero-order chi connectivity index (χ0) is 14.6. The number of benzene rings is 1. The number of hydrogen-bond acceptors (Lipinski definition) is 2. The first-order valence-corrected chi connectivity index (χ1v) is 6.89. The van der Waals surface area contributed by atoms with Gasteiger partial charge in [0.25, 0.3) is 0 Å². The molecular weight excluding hydrogens is 280 g/mol. The van der Waals surface area contributed by atoms with Gasteiger partial charge in [0.15, 0.2) is 0 Å². The van der Waals surface area contributed by atoms with Crippen LogP contribution in [0.5, 0.6) is 0 Å². The summed E-state index contributed by atoms with van der Waals surface area (Å²) >= 11 is 11.0. The molecule has 0 aliphatic carbocycles. The van der Waals surface area contributed by atoms with Crippen LogP contribution in [0.15, 0.2) is 24.3 Å². The number of nitrogens with two attached hydrogens (primary N) is 1. The quantitative estimate of drug-likeness (QED) is 0.850. The lowest BCUT2D eigenvalue weighted by Crippen LogP contribution is -2.47. The van der Waals surface area contributed by atoms with Crippen LogP contribution in [0, 0.1) is 5.41 Å². The molecule has 1 aromatic rings. The van der Waals surface area contributed by atoms with Gasteiger partial charge in [0.05, 0.1) is 10.4 Å². The van der Waals surface area contributed by atoms with Gasteiger partial charge in [-0.15, -0.1) is 0 Å². The summed E-state index contributed by atoms with van der Waals surface area (Å²) < 4.78 is 0. The number of thiocarbonyl (C=S) groups is 1. The summed E-state index contributed by atoms with van der Waals surface area (Å²) in [5.41, 5.74) is 5.89. The smallest absolute Gasteiger partial charge is 0.235 e. The van der Waals surface area contributed by atoms with Crippen LogP contribution in [0.3, 0.4) is 0 Å². The summed E-state index contributed by atoms with van der Waals surface area (Å²) in [6.45, 7) is 4.17. The predicted octanol–water partition coefficient (Wildman–Crippen LogP) is 3.00. The molecule has 3 nitrogen and oxygen atoms in total. The van der Waals surface area contributed by atoms with E-state index in [0.29, 0.717) is 18.0 Å². The van der Waals surface area contributed by atoms with Crippen molar-refractivity contribution in [1.29, 1.82) is 0 Å². The molecule has 0 saturated carbocycles. The third-order valence-corrected chi connectivity index (χ3v) is 4.06. The van der Waals surface area contributed by atoms with Gasteiger partial charge in [-0.2, -0.15) is 0 Å². The molecule has 0 heterocycles. The van der Waals surface area contributed by atoms with Crippen molar-refractivity contribution in [3.05, 3.63) is 34.9 Å². The Morgan fingerprint density at radius 3 is 2.63 bits per heavy atom. The molecule has 1 unspecified atom stereocenters. The summed E-state index contributed by atoms with van der Waals surface area (Å²) in [4.78, 5) is 14.3. The van der Waals surface area contributed by atoms with Crippen LogP contribution in [-0.4, -0.2) is 22.8 Å². The van der Waals surface area contributed by atoms with E-state index in [1.54, 1.807) is 24.9 Å². The van der Waals surface area contributed by atoms with Crippen molar-refractivity contribution in [2.24, 2.45) is 11.1 Å². The number of carbonyl (C=O) groups is 1. The third kappa shape index (κ3) is 3.67. The van der Waals surface area contributed by atoms with E-state index < -0.39 is 5.41 Å². The lowest BCUT2D eigenvalue weighted by Gasteiger charge is -2.31. The summed E-state index contributed by atoms with van der Waals surface area (Å²) in [6, 6.07) is 7.44. The van der Waals surface area contributed by atoms with Crippen LogP contribution in [0.25, 0.3) is 0 Å². The van der Waals surface area contributed by atoms with Crippen LogP contribution in [-0.2, 0) is 11.3 Å². The van der Waals surface area contributed by atoms with Crippen LogP contribution in [0.4, 0.5) is 0 Å². The Labute approximate surface area is 124 Å². The minimum absolute atomic E-state index is 0.0672. The monoisotopic (exact) mass is 298 g/mol. The molecule has 0 saturated heterocycles. The van der Waals surface area contributed by atoms with Gasteiger partial charge in [-0.25, -0.2) is 0 Å². The van der Waals surface area contributed by atoms with Gasteiger partial charge in [-0.1, -0.05) is 42.9 Å². The molecule has 1 amide bonds. The Bertz CT molecular complexity index is 492. The number of rotatable bonds is 5. The number of carbonyl (C=O) groups excluding carboxylic acids is 1. The Balaban J connectivity index is 2.86. The largest absolute Gasteiger partial charge is 0.392 e. The highest BCUT2D eigenvalue weighted by Gasteiger charge is 2.36. The predicted molar refractivity (Wildman–Crippen MR) is 83.1 cm³/mol. The lowest BCUT2D eigenvalue weighted by atomic mass is 9.86. The second-order valence-corrected chi connectivity index (χ2v) is 5.72. The highest BCUT2D eigenvalue weighted by atomic mass is 35.5. The van der Waals surface area contributed by atoms with Crippen molar-refractivity contribution in [2.45, 2.75) is 26.8 Å². The van der Waals surface area contributed by atoms with E-state index in [2.05, 4.69) is 0 Å². The van der Waals surface area contributed by atoms with Crippen molar-refractivity contribution in [1.82, 2.24) is 4.90 Å². The Morgan fingerprint density at radius 1 is 1.53 bits per heavy atom. The van der Waals surface area contributed by atoms with Gasteiger partial charge in [0.1, 0.15) is 0 Å². The first-order valence-electron chi connectivity index (χ1n) is 6.11. The van der Waals surface area contributed by atoms with Crippen molar-refractivity contribution in [3.63, 3.8) is 0 Å². The van der Waals surface area contributed by atoms with E-state index in [0.717, 1.165) is 5.56 Å². The topological polar surface area (TPSA) is 46.3 Å². The SMILES string of the molecule is CCC(C)(C(=O)N(C)Cc1cccc(Cl)c1)C(N)=S. The Kier molecular flexibility index (Phi) is 5.32. The van der Waals surface area contributed by atoms with Crippen LogP contribution < -0.4 is 5.73 Å². The number of hydrogen-bond donors (Lipinski definition) is 1. The standard InChI is InChI=1S/C14H19ClN2OS/c1-4-14(2,12(16)19)13(18)17(3)9-10-6-5-7-11(15)8-10/h5-8H,4,9H2,1-3H3,(H2,16,19). The number of halogens is 1. The fraction of sp³-hybridized carbons (Fsp3) is 0.429. The third-order valence-electron chi connectivity index (χ3n) is 3.38. The first kappa shape index (κ1) is 15.9. The van der Waals surface area contributed by atoms with E-state index in [-0.39, 0.29) is 10.9 Å². The van der Waals surface area contributed by atoms with Crippen LogP contribution in [0.2, 0.25) is 5.02 Å². The summed E-state index contributed by atoms with van der Waals surface area (Å²) in [6.07, 6.45) is 0.584. The summed E-state index contributed by atoms with van der Waals surface area (Å²) in [5.74, 6) is -0.0672. The van der Waals surface area contributed by atoms with E-state index in [4.69, 9.17) is 29.6 Å². The molecule has 0 bridgehead atoms. The fourth-order valence-corrected chi connectivity index (χ4v) is 2.28. The zero-order valence-corrected chi connectivity index (χ0v) is 13.0. The molecule has 1 rings (SSSR count). The molecule has 1 aromatic carbocycles. The molecule has 104 valence electrons. The van der Waals surface area contributed by atoms with Crippen LogP contribution in [0.1, 0.15) is 25.8 Å². The van der Waals surface area contributed by atoms with E-state index in [1.807, 2.05) is 25.1 Å².